The summed E-state index contributed by atoms with van der Waals surface area (Å²) in [5, 5.41) is 5.47. The van der Waals surface area contributed by atoms with Crippen molar-refractivity contribution in [1.29, 1.82) is 0 Å². The van der Waals surface area contributed by atoms with Gasteiger partial charge < -0.3 is 19.5 Å². The molecule has 0 saturated heterocycles. The molecule has 6 nitrogen and oxygen atoms in total. The van der Waals surface area contributed by atoms with Gasteiger partial charge in [0.05, 0.1) is 36.0 Å². The van der Waals surface area contributed by atoms with E-state index in [1.807, 2.05) is 30.5 Å². The average Bonchev–Trinajstić information content (AvgIpc) is 3.19. The summed E-state index contributed by atoms with van der Waals surface area (Å²) in [7, 11) is 0. The lowest BCUT2D eigenvalue weighted by atomic mass is 9.87. The molecule has 0 saturated carbocycles. The van der Waals surface area contributed by atoms with E-state index in [1.165, 1.54) is 35.3 Å². The molecule has 1 N–H and O–H groups in total. The molecule has 0 unspecified atom stereocenters. The summed E-state index contributed by atoms with van der Waals surface area (Å²) in [6.07, 6.45) is 1.94. The topological polar surface area (TPSA) is 73.9 Å². The minimum atomic E-state index is -0.705. The zero-order chi connectivity index (χ0) is 23.8. The molecule has 4 rings (SSSR count). The van der Waals surface area contributed by atoms with Crippen LogP contribution in [-0.2, 0) is 19.1 Å². The molecule has 0 bridgehead atoms. The monoisotopic (exact) mass is 505 g/mol. The van der Waals surface area contributed by atoms with Gasteiger partial charge >= 0.3 is 11.9 Å². The van der Waals surface area contributed by atoms with E-state index in [9.17, 15) is 9.59 Å². The van der Waals surface area contributed by atoms with Crippen molar-refractivity contribution in [2.45, 2.75) is 44.2 Å². The zero-order valence-electron chi connectivity index (χ0n) is 19.3. The fourth-order valence-electron chi connectivity index (χ4n) is 3.98. The maximum Gasteiger partial charge on any atom is 0.345 e. The number of anilines is 1. The summed E-state index contributed by atoms with van der Waals surface area (Å²) in [6, 6.07) is 5.99. The van der Waals surface area contributed by atoms with Crippen LogP contribution in [0.3, 0.4) is 0 Å². The van der Waals surface area contributed by atoms with E-state index < -0.39 is 9.62 Å². The minimum Gasteiger partial charge on any atom is -0.492 e. The first kappa shape index (κ1) is 24.2. The number of ether oxygens (including phenoxy) is 3. The Labute approximate surface area is 206 Å². The van der Waals surface area contributed by atoms with Crippen LogP contribution in [0.15, 0.2) is 44.4 Å². The molecule has 3 aliphatic rings. The maximum atomic E-state index is 12.8. The highest BCUT2D eigenvalue weighted by Crippen LogP contribution is 2.66. The van der Waals surface area contributed by atoms with E-state index in [2.05, 4.69) is 25.2 Å². The summed E-state index contributed by atoms with van der Waals surface area (Å²) >= 11 is 4.36. The Balaban J connectivity index is 1.89. The highest BCUT2D eigenvalue weighted by molar-refractivity contribution is 8.25. The van der Waals surface area contributed by atoms with E-state index in [0.29, 0.717) is 29.6 Å². The highest BCUT2D eigenvalue weighted by Gasteiger charge is 2.51. The number of benzene rings is 1. The van der Waals surface area contributed by atoms with Gasteiger partial charge in [-0.3, -0.25) is 0 Å². The largest absolute Gasteiger partial charge is 0.492 e. The average molecular weight is 506 g/mol. The first-order valence-corrected chi connectivity index (χ1v) is 13.4. The zero-order valence-corrected chi connectivity index (χ0v) is 21.7. The lowest BCUT2D eigenvalue weighted by Crippen LogP contribution is -2.41. The molecule has 0 aliphatic carbocycles. The van der Waals surface area contributed by atoms with Crippen molar-refractivity contribution in [2.75, 3.05) is 25.1 Å². The summed E-state index contributed by atoms with van der Waals surface area (Å²) < 4.78 is 15.8. The fraction of sp³-hybridized carbons (Fsp3) is 0.417. The molecule has 0 aromatic heterocycles. The molecule has 1 aromatic rings. The first-order chi connectivity index (χ1) is 15.8. The normalized spacial score (nSPS) is 22.6. The predicted molar refractivity (Wildman–Crippen MR) is 137 cm³/mol. The minimum absolute atomic E-state index is 0.296. The van der Waals surface area contributed by atoms with Gasteiger partial charge in [-0.1, -0.05) is 35.7 Å². The van der Waals surface area contributed by atoms with Crippen LogP contribution in [0, 0.1) is 0 Å². The number of hydrogen-bond acceptors (Lipinski definition) is 9. The van der Waals surface area contributed by atoms with Crippen molar-refractivity contribution in [3.8, 4) is 5.75 Å². The molecular weight excluding hydrogens is 478 g/mol. The molecule has 1 atom stereocenters. The number of nitrogens with one attached hydrogen (secondary N) is 1. The van der Waals surface area contributed by atoms with Crippen LogP contribution in [0.1, 0.15) is 40.2 Å². The van der Waals surface area contributed by atoms with Crippen LogP contribution >= 0.6 is 35.3 Å². The third kappa shape index (κ3) is 4.31. The number of carbonyl (C=O) groups excluding carboxylic acids is 2. The van der Waals surface area contributed by atoms with Crippen LogP contribution in [0.5, 0.6) is 5.75 Å². The number of para-hydroxylation sites is 1. The second-order valence-corrected chi connectivity index (χ2v) is 11.7. The lowest BCUT2D eigenvalue weighted by molar-refractivity contribution is -0.138. The van der Waals surface area contributed by atoms with E-state index in [4.69, 9.17) is 14.2 Å². The fourth-order valence-corrected chi connectivity index (χ4v) is 8.33. The molecule has 0 amide bonds. The van der Waals surface area contributed by atoms with Crippen LogP contribution < -0.4 is 10.1 Å². The summed E-state index contributed by atoms with van der Waals surface area (Å²) in [6.45, 7) is 10.9. The highest BCUT2D eigenvalue weighted by atomic mass is 32.2. The molecular formula is C24H27NO5S3. The third-order valence-corrected chi connectivity index (χ3v) is 9.53. The SMILES string of the molecule is CCOC(=O)C1=C[C@@]2(SC=C(C(=O)OCC)S2)C2=C(S1)C(C)(C)Nc1c(OCC)cccc12. The third-order valence-electron chi connectivity index (χ3n) is 5.27. The molecule has 33 heavy (non-hydrogen) atoms. The van der Waals surface area contributed by atoms with E-state index in [0.717, 1.165) is 27.5 Å². The van der Waals surface area contributed by atoms with Crippen molar-refractivity contribution >= 4 is 58.5 Å². The Bertz CT molecular complexity index is 1090. The number of fused-ring (bicyclic) bond motifs is 3. The van der Waals surface area contributed by atoms with Crippen molar-refractivity contribution in [3.05, 3.63) is 50.0 Å². The van der Waals surface area contributed by atoms with Crippen LogP contribution in [0.25, 0.3) is 5.57 Å². The molecule has 1 spiro atoms. The van der Waals surface area contributed by atoms with Crippen molar-refractivity contribution < 1.29 is 23.8 Å². The van der Waals surface area contributed by atoms with Crippen LogP contribution in [0.4, 0.5) is 5.69 Å². The van der Waals surface area contributed by atoms with E-state index in [1.54, 1.807) is 13.8 Å². The van der Waals surface area contributed by atoms with Crippen molar-refractivity contribution in [1.82, 2.24) is 0 Å². The van der Waals surface area contributed by atoms with Crippen molar-refractivity contribution in [3.63, 3.8) is 0 Å². The quantitative estimate of drug-likeness (QED) is 0.485. The Hall–Kier alpha value is -1.97. The molecule has 9 heteroatoms. The molecule has 1 aromatic carbocycles. The Morgan fingerprint density at radius 1 is 1.00 bits per heavy atom. The number of carbonyl (C=O) groups is 2. The molecule has 0 radical (unpaired) electrons. The standard InChI is InChI=1S/C24H27NO5S3/c1-6-28-15-11-9-10-14-18-20(23(4,5)25-19(14)15)32-16(21(26)29-7-2)12-24(18)31-13-17(33-24)22(27)30-8-3/h9-13,25H,6-8H2,1-5H3/t24-/m0/s1. The molecule has 3 heterocycles. The maximum absolute atomic E-state index is 12.8. The van der Waals surface area contributed by atoms with E-state index >= 15 is 0 Å². The number of esters is 2. The van der Waals surface area contributed by atoms with Crippen LogP contribution in [-0.4, -0.2) is 41.4 Å². The summed E-state index contributed by atoms with van der Waals surface area (Å²) in [4.78, 5) is 27.5. The van der Waals surface area contributed by atoms with Crippen molar-refractivity contribution in [2.24, 2.45) is 0 Å². The second kappa shape index (κ2) is 9.35. The van der Waals surface area contributed by atoms with Gasteiger partial charge in [0, 0.05) is 16.0 Å². The number of hydrogen-bond donors (Lipinski definition) is 1. The van der Waals surface area contributed by atoms with Gasteiger partial charge in [0.2, 0.25) is 0 Å². The second-order valence-electron chi connectivity index (χ2n) is 7.99. The van der Waals surface area contributed by atoms with Gasteiger partial charge in [-0.15, -0.1) is 11.8 Å². The Morgan fingerprint density at radius 3 is 2.36 bits per heavy atom. The summed E-state index contributed by atoms with van der Waals surface area (Å²) in [5.74, 6) is 0.0696. The first-order valence-electron chi connectivity index (χ1n) is 10.9. The van der Waals surface area contributed by atoms with E-state index in [-0.39, 0.29) is 11.9 Å². The molecule has 176 valence electrons. The number of rotatable bonds is 6. The summed E-state index contributed by atoms with van der Waals surface area (Å²) in [5.41, 5.74) is 2.50. The predicted octanol–water partition coefficient (Wildman–Crippen LogP) is 5.78. The van der Waals surface area contributed by atoms with Gasteiger partial charge in [-0.2, -0.15) is 0 Å². The van der Waals surface area contributed by atoms with Gasteiger partial charge in [-0.25, -0.2) is 9.59 Å². The Morgan fingerprint density at radius 2 is 1.70 bits per heavy atom. The lowest BCUT2D eigenvalue weighted by Gasteiger charge is -2.45. The Kier molecular flexibility index (Phi) is 6.85. The van der Waals surface area contributed by atoms with Gasteiger partial charge in [0.1, 0.15) is 14.7 Å². The number of thioether (sulfide) groups is 3. The van der Waals surface area contributed by atoms with Crippen LogP contribution in [0.2, 0.25) is 0 Å². The smallest absolute Gasteiger partial charge is 0.345 e. The van der Waals surface area contributed by atoms with Gasteiger partial charge in [0.25, 0.3) is 0 Å². The molecule has 0 fully saturated rings. The van der Waals surface area contributed by atoms with Gasteiger partial charge in [-0.05, 0) is 52.2 Å². The van der Waals surface area contributed by atoms with Gasteiger partial charge in [0.15, 0.2) is 0 Å². The molecule has 3 aliphatic heterocycles.